The van der Waals surface area contributed by atoms with Crippen LogP contribution in [0.25, 0.3) is 0 Å². The number of nitrogens with zero attached hydrogens (tertiary/aromatic N) is 3. The Hall–Kier alpha value is -0.870. The van der Waals surface area contributed by atoms with E-state index >= 15 is 0 Å². The summed E-state index contributed by atoms with van der Waals surface area (Å²) in [6, 6.07) is 1.79. The Labute approximate surface area is 93.9 Å². The number of piperidine rings is 1. The van der Waals surface area contributed by atoms with Crippen LogP contribution in [-0.4, -0.2) is 34.3 Å². The van der Waals surface area contributed by atoms with Crippen LogP contribution in [0.3, 0.4) is 0 Å². The molecule has 1 saturated heterocycles. The molecule has 2 rings (SSSR count). The van der Waals surface area contributed by atoms with Gasteiger partial charge in [0.05, 0.1) is 12.6 Å². The maximum absolute atomic E-state index is 9.26. The Morgan fingerprint density at radius 2 is 2.40 bits per heavy atom. The average molecular weight is 228 g/mol. The van der Waals surface area contributed by atoms with Crippen LogP contribution in [0.2, 0.25) is 5.15 Å². The zero-order valence-corrected chi connectivity index (χ0v) is 9.19. The van der Waals surface area contributed by atoms with Gasteiger partial charge >= 0.3 is 0 Å². The van der Waals surface area contributed by atoms with Crippen molar-refractivity contribution in [2.24, 2.45) is 0 Å². The van der Waals surface area contributed by atoms with Gasteiger partial charge in [-0.3, -0.25) is 0 Å². The van der Waals surface area contributed by atoms with Crippen molar-refractivity contribution in [1.29, 1.82) is 0 Å². The van der Waals surface area contributed by atoms with Crippen LogP contribution in [-0.2, 0) is 0 Å². The third kappa shape index (κ3) is 2.38. The Kier molecular flexibility index (Phi) is 3.38. The van der Waals surface area contributed by atoms with Gasteiger partial charge in [0.15, 0.2) is 0 Å². The second kappa shape index (κ2) is 4.77. The predicted molar refractivity (Wildman–Crippen MR) is 59.1 cm³/mol. The van der Waals surface area contributed by atoms with E-state index in [1.54, 1.807) is 12.3 Å². The van der Waals surface area contributed by atoms with Crippen LogP contribution in [0.4, 0.5) is 5.95 Å². The molecular formula is C10H14ClN3O. The molecular weight excluding hydrogens is 214 g/mol. The van der Waals surface area contributed by atoms with Crippen molar-refractivity contribution in [1.82, 2.24) is 9.97 Å². The lowest BCUT2D eigenvalue weighted by molar-refractivity contribution is 0.239. The van der Waals surface area contributed by atoms with Crippen LogP contribution in [0.1, 0.15) is 19.3 Å². The van der Waals surface area contributed by atoms with Crippen molar-refractivity contribution < 1.29 is 5.11 Å². The maximum Gasteiger partial charge on any atom is 0.227 e. The lowest BCUT2D eigenvalue weighted by Crippen LogP contribution is -2.42. The van der Waals surface area contributed by atoms with Gasteiger partial charge in [-0.1, -0.05) is 11.6 Å². The largest absolute Gasteiger partial charge is 0.394 e. The molecule has 1 atom stereocenters. The molecule has 5 heteroatoms. The normalized spacial score (nSPS) is 21.7. The van der Waals surface area contributed by atoms with Gasteiger partial charge in [-0.05, 0) is 25.3 Å². The fourth-order valence-electron chi connectivity index (χ4n) is 1.92. The molecule has 1 fully saturated rings. The Bertz CT molecular complexity index is 334. The molecule has 0 amide bonds. The number of aliphatic hydroxyl groups is 1. The number of aromatic nitrogens is 2. The first-order valence-electron chi connectivity index (χ1n) is 5.17. The molecule has 0 aromatic carbocycles. The average Bonchev–Trinajstić information content (AvgIpc) is 2.29. The summed E-state index contributed by atoms with van der Waals surface area (Å²) < 4.78 is 0. The van der Waals surface area contributed by atoms with Crippen molar-refractivity contribution in [3.05, 3.63) is 17.4 Å². The van der Waals surface area contributed by atoms with E-state index in [1.807, 2.05) is 4.90 Å². The van der Waals surface area contributed by atoms with E-state index in [2.05, 4.69) is 9.97 Å². The molecule has 0 aliphatic carbocycles. The van der Waals surface area contributed by atoms with E-state index in [-0.39, 0.29) is 12.6 Å². The Morgan fingerprint density at radius 3 is 3.13 bits per heavy atom. The third-order valence-electron chi connectivity index (χ3n) is 2.70. The van der Waals surface area contributed by atoms with Crippen molar-refractivity contribution in [3.8, 4) is 0 Å². The van der Waals surface area contributed by atoms with Gasteiger partial charge in [0.25, 0.3) is 0 Å². The highest BCUT2D eigenvalue weighted by Crippen LogP contribution is 2.21. The van der Waals surface area contributed by atoms with Crippen molar-refractivity contribution in [3.63, 3.8) is 0 Å². The molecule has 1 unspecified atom stereocenters. The van der Waals surface area contributed by atoms with Crippen LogP contribution < -0.4 is 4.90 Å². The van der Waals surface area contributed by atoms with Gasteiger partial charge in [0, 0.05) is 12.7 Å². The van der Waals surface area contributed by atoms with Crippen LogP contribution in [0.5, 0.6) is 0 Å². The maximum atomic E-state index is 9.26. The number of hydrogen-bond donors (Lipinski definition) is 1. The van der Waals surface area contributed by atoms with Crippen molar-refractivity contribution in [2.75, 3.05) is 18.1 Å². The molecule has 1 aliphatic rings. The lowest BCUT2D eigenvalue weighted by atomic mass is 10.0. The fourth-order valence-corrected chi connectivity index (χ4v) is 2.05. The van der Waals surface area contributed by atoms with E-state index in [9.17, 15) is 5.11 Å². The topological polar surface area (TPSA) is 49.2 Å². The van der Waals surface area contributed by atoms with Crippen molar-refractivity contribution in [2.45, 2.75) is 25.3 Å². The van der Waals surface area contributed by atoms with Gasteiger partial charge in [-0.15, -0.1) is 0 Å². The third-order valence-corrected chi connectivity index (χ3v) is 2.91. The van der Waals surface area contributed by atoms with Gasteiger partial charge in [-0.25, -0.2) is 9.97 Å². The highest BCUT2D eigenvalue weighted by atomic mass is 35.5. The van der Waals surface area contributed by atoms with E-state index in [0.717, 1.165) is 25.8 Å². The summed E-state index contributed by atoms with van der Waals surface area (Å²) in [6.07, 6.45) is 4.91. The SMILES string of the molecule is OCC1CCCCN1c1nccc(Cl)n1. The minimum Gasteiger partial charge on any atom is -0.394 e. The number of hydrogen-bond acceptors (Lipinski definition) is 4. The number of aliphatic hydroxyl groups excluding tert-OH is 1. The lowest BCUT2D eigenvalue weighted by Gasteiger charge is -2.34. The Balaban J connectivity index is 2.20. The minimum atomic E-state index is 0.136. The summed E-state index contributed by atoms with van der Waals surface area (Å²) in [6.45, 7) is 1.04. The molecule has 2 heterocycles. The summed E-state index contributed by atoms with van der Waals surface area (Å²) in [7, 11) is 0. The van der Waals surface area contributed by atoms with E-state index in [0.29, 0.717) is 11.1 Å². The summed E-state index contributed by atoms with van der Waals surface area (Å²) in [5.41, 5.74) is 0. The van der Waals surface area contributed by atoms with E-state index in [1.165, 1.54) is 0 Å². The highest BCUT2D eigenvalue weighted by Gasteiger charge is 2.23. The quantitative estimate of drug-likeness (QED) is 0.778. The monoisotopic (exact) mass is 227 g/mol. The molecule has 1 aromatic heterocycles. The molecule has 1 aliphatic heterocycles. The molecule has 1 aromatic rings. The first-order chi connectivity index (χ1) is 7.31. The van der Waals surface area contributed by atoms with E-state index in [4.69, 9.17) is 11.6 Å². The molecule has 82 valence electrons. The van der Waals surface area contributed by atoms with Crippen LogP contribution >= 0.6 is 11.6 Å². The molecule has 0 radical (unpaired) electrons. The minimum absolute atomic E-state index is 0.136. The summed E-state index contributed by atoms with van der Waals surface area (Å²) >= 11 is 5.81. The smallest absolute Gasteiger partial charge is 0.227 e. The zero-order valence-electron chi connectivity index (χ0n) is 8.43. The molecule has 0 saturated carbocycles. The summed E-state index contributed by atoms with van der Waals surface area (Å²) in [5, 5.41) is 9.71. The first kappa shape index (κ1) is 10.6. The predicted octanol–water partition coefficient (Wildman–Crippen LogP) is 1.48. The van der Waals surface area contributed by atoms with Crippen molar-refractivity contribution >= 4 is 17.5 Å². The second-order valence-electron chi connectivity index (χ2n) is 3.70. The fraction of sp³-hybridized carbons (Fsp3) is 0.600. The Morgan fingerprint density at radius 1 is 1.53 bits per heavy atom. The number of anilines is 1. The molecule has 0 spiro atoms. The van der Waals surface area contributed by atoms with Gasteiger partial charge in [-0.2, -0.15) is 0 Å². The summed E-state index contributed by atoms with van der Waals surface area (Å²) in [5.74, 6) is 0.626. The summed E-state index contributed by atoms with van der Waals surface area (Å²) in [4.78, 5) is 10.4. The number of halogens is 1. The molecule has 1 N–H and O–H groups in total. The van der Waals surface area contributed by atoms with Crippen LogP contribution in [0.15, 0.2) is 12.3 Å². The van der Waals surface area contributed by atoms with E-state index < -0.39 is 0 Å². The molecule has 0 bridgehead atoms. The second-order valence-corrected chi connectivity index (χ2v) is 4.09. The molecule has 4 nitrogen and oxygen atoms in total. The van der Waals surface area contributed by atoms with Gasteiger partial charge in [0.1, 0.15) is 5.15 Å². The van der Waals surface area contributed by atoms with Gasteiger partial charge < -0.3 is 10.0 Å². The number of rotatable bonds is 2. The highest BCUT2D eigenvalue weighted by molar-refractivity contribution is 6.29. The standard InChI is InChI=1S/C10H14ClN3O/c11-9-4-5-12-10(13-9)14-6-2-1-3-8(14)7-15/h4-5,8,15H,1-3,6-7H2. The van der Waals surface area contributed by atoms with Crippen LogP contribution in [0, 0.1) is 0 Å². The molecule has 15 heavy (non-hydrogen) atoms. The first-order valence-corrected chi connectivity index (χ1v) is 5.55. The van der Waals surface area contributed by atoms with Gasteiger partial charge in [0.2, 0.25) is 5.95 Å². The zero-order chi connectivity index (χ0) is 10.7.